The zero-order valence-electron chi connectivity index (χ0n) is 14.9. The van der Waals surface area contributed by atoms with Gasteiger partial charge >= 0.3 is 0 Å². The zero-order valence-corrected chi connectivity index (χ0v) is 15.8. The molecule has 0 atom stereocenters. The van der Waals surface area contributed by atoms with Gasteiger partial charge in [0.15, 0.2) is 0 Å². The second-order valence-corrected chi connectivity index (χ2v) is 8.20. The molecular weight excluding hydrogens is 354 g/mol. The van der Waals surface area contributed by atoms with Gasteiger partial charge < -0.3 is 14.6 Å². The van der Waals surface area contributed by atoms with Crippen LogP contribution in [0.25, 0.3) is 0 Å². The number of aromatic nitrogens is 1. The number of carbonyl (C=O) groups is 1. The molecule has 0 spiro atoms. The average molecular weight is 377 g/mol. The first kappa shape index (κ1) is 18.6. The van der Waals surface area contributed by atoms with E-state index in [1.165, 1.54) is 4.31 Å². The van der Waals surface area contributed by atoms with E-state index in [0.29, 0.717) is 38.5 Å². The van der Waals surface area contributed by atoms with Gasteiger partial charge in [0.05, 0.1) is 18.1 Å². The highest BCUT2D eigenvalue weighted by Gasteiger charge is 2.26. The molecule has 0 bridgehead atoms. The number of carbonyl (C=O) groups excluding carboxylic acids is 1. The highest BCUT2D eigenvalue weighted by Crippen LogP contribution is 2.17. The van der Waals surface area contributed by atoms with Gasteiger partial charge in [-0.1, -0.05) is 12.1 Å². The Balaban J connectivity index is 1.64. The molecule has 1 fully saturated rings. The van der Waals surface area contributed by atoms with Crippen molar-refractivity contribution in [2.24, 2.45) is 7.05 Å². The fraction of sp³-hybridized carbons (Fsp3) is 0.389. The maximum absolute atomic E-state index is 12.6. The molecule has 1 aromatic carbocycles. The van der Waals surface area contributed by atoms with Crippen molar-refractivity contribution in [2.75, 3.05) is 26.3 Å². The summed E-state index contributed by atoms with van der Waals surface area (Å²) < 4.78 is 33.6. The summed E-state index contributed by atoms with van der Waals surface area (Å²) in [5.41, 5.74) is 2.44. The Morgan fingerprint density at radius 2 is 1.77 bits per heavy atom. The van der Waals surface area contributed by atoms with Gasteiger partial charge in [-0.25, -0.2) is 8.42 Å². The number of sulfonamides is 1. The van der Waals surface area contributed by atoms with Gasteiger partial charge in [0, 0.05) is 32.4 Å². The van der Waals surface area contributed by atoms with Gasteiger partial charge in [0.1, 0.15) is 5.69 Å². The Morgan fingerprint density at radius 3 is 2.35 bits per heavy atom. The molecule has 0 radical (unpaired) electrons. The van der Waals surface area contributed by atoms with Crippen LogP contribution < -0.4 is 5.32 Å². The van der Waals surface area contributed by atoms with Crippen LogP contribution >= 0.6 is 0 Å². The van der Waals surface area contributed by atoms with E-state index in [1.54, 1.807) is 30.3 Å². The number of morpholine rings is 1. The van der Waals surface area contributed by atoms with E-state index < -0.39 is 10.0 Å². The van der Waals surface area contributed by atoms with Gasteiger partial charge in [0.25, 0.3) is 5.91 Å². The molecule has 0 saturated carbocycles. The number of nitrogens with zero attached hydrogens (tertiary/aromatic N) is 2. The Morgan fingerprint density at radius 1 is 1.12 bits per heavy atom. The van der Waals surface area contributed by atoms with Crippen molar-refractivity contribution in [1.29, 1.82) is 0 Å². The van der Waals surface area contributed by atoms with Gasteiger partial charge in [-0.3, -0.25) is 4.79 Å². The molecule has 140 valence electrons. The molecule has 2 aromatic rings. The van der Waals surface area contributed by atoms with E-state index in [0.717, 1.165) is 11.3 Å². The molecule has 1 aliphatic heterocycles. The predicted octanol–water partition coefficient (Wildman–Crippen LogP) is 1.28. The monoisotopic (exact) mass is 377 g/mol. The summed E-state index contributed by atoms with van der Waals surface area (Å²) in [4.78, 5) is 12.5. The molecule has 1 aliphatic rings. The predicted molar refractivity (Wildman–Crippen MR) is 97.3 cm³/mol. The maximum Gasteiger partial charge on any atom is 0.268 e. The second kappa shape index (κ2) is 7.61. The number of aryl methyl sites for hydroxylation is 1. The van der Waals surface area contributed by atoms with E-state index >= 15 is 0 Å². The zero-order chi connectivity index (χ0) is 18.7. The second-order valence-electron chi connectivity index (χ2n) is 6.26. The fourth-order valence-electron chi connectivity index (χ4n) is 2.83. The topological polar surface area (TPSA) is 80.6 Å². The smallest absolute Gasteiger partial charge is 0.268 e. The lowest BCUT2D eigenvalue weighted by Gasteiger charge is -2.26. The fourth-order valence-corrected chi connectivity index (χ4v) is 4.24. The molecule has 1 amide bonds. The number of amides is 1. The van der Waals surface area contributed by atoms with Crippen molar-refractivity contribution in [1.82, 2.24) is 14.2 Å². The molecular formula is C18H23N3O4S. The quantitative estimate of drug-likeness (QED) is 0.851. The molecule has 8 heteroatoms. The van der Waals surface area contributed by atoms with Crippen LogP contribution in [0.3, 0.4) is 0 Å². The van der Waals surface area contributed by atoms with Crippen molar-refractivity contribution in [3.8, 4) is 0 Å². The minimum atomic E-state index is -3.49. The third-order valence-electron chi connectivity index (χ3n) is 4.59. The van der Waals surface area contributed by atoms with Crippen molar-refractivity contribution in [3.05, 3.63) is 53.3 Å². The van der Waals surface area contributed by atoms with E-state index in [1.807, 2.05) is 24.6 Å². The van der Waals surface area contributed by atoms with Gasteiger partial charge in [-0.15, -0.1) is 0 Å². The first-order valence-electron chi connectivity index (χ1n) is 8.47. The summed E-state index contributed by atoms with van der Waals surface area (Å²) in [5, 5.41) is 2.85. The Labute approximate surface area is 153 Å². The number of benzene rings is 1. The highest BCUT2D eigenvalue weighted by molar-refractivity contribution is 7.89. The van der Waals surface area contributed by atoms with Crippen LogP contribution in [0.2, 0.25) is 0 Å². The molecule has 1 N–H and O–H groups in total. The number of rotatable bonds is 5. The van der Waals surface area contributed by atoms with Crippen molar-refractivity contribution in [3.63, 3.8) is 0 Å². The Bertz CT molecular complexity index is 882. The van der Waals surface area contributed by atoms with E-state index in [-0.39, 0.29) is 10.8 Å². The molecule has 0 aliphatic carbocycles. The third kappa shape index (κ3) is 3.82. The van der Waals surface area contributed by atoms with E-state index in [9.17, 15) is 13.2 Å². The highest BCUT2D eigenvalue weighted by atomic mass is 32.2. The third-order valence-corrected chi connectivity index (χ3v) is 6.50. The molecule has 3 rings (SSSR count). The van der Waals surface area contributed by atoms with Gasteiger partial charge in [-0.2, -0.15) is 4.31 Å². The molecule has 1 saturated heterocycles. The first-order valence-corrected chi connectivity index (χ1v) is 9.91. The van der Waals surface area contributed by atoms with Crippen LogP contribution in [0.15, 0.2) is 41.3 Å². The number of hydrogen-bond acceptors (Lipinski definition) is 4. The Kier molecular flexibility index (Phi) is 5.45. The minimum absolute atomic E-state index is 0.161. The Hall–Kier alpha value is -2.16. The largest absolute Gasteiger partial charge is 0.379 e. The van der Waals surface area contributed by atoms with Crippen LogP contribution in [-0.4, -0.2) is 49.5 Å². The van der Waals surface area contributed by atoms with Gasteiger partial charge in [-0.05, 0) is 36.8 Å². The van der Waals surface area contributed by atoms with Crippen molar-refractivity contribution >= 4 is 15.9 Å². The van der Waals surface area contributed by atoms with E-state index in [4.69, 9.17) is 4.74 Å². The van der Waals surface area contributed by atoms with Crippen LogP contribution in [-0.2, 0) is 28.4 Å². The summed E-state index contributed by atoms with van der Waals surface area (Å²) in [7, 11) is -1.65. The molecule has 1 aromatic heterocycles. The normalized spacial score (nSPS) is 15.8. The standard InChI is InChI=1S/C18H23N3O4S/c1-14-3-8-17(20(14)2)18(22)19-13-15-4-6-16(7-5-15)26(23,24)21-9-11-25-12-10-21/h3-8H,9-13H2,1-2H3,(H,19,22). The minimum Gasteiger partial charge on any atom is -0.379 e. The number of hydrogen-bond donors (Lipinski definition) is 1. The molecule has 2 heterocycles. The van der Waals surface area contributed by atoms with Crippen molar-refractivity contribution in [2.45, 2.75) is 18.4 Å². The maximum atomic E-state index is 12.6. The first-order chi connectivity index (χ1) is 12.4. The number of nitrogens with one attached hydrogen (secondary N) is 1. The summed E-state index contributed by atoms with van der Waals surface area (Å²) in [6.07, 6.45) is 0. The van der Waals surface area contributed by atoms with Crippen LogP contribution in [0.5, 0.6) is 0 Å². The summed E-state index contributed by atoms with van der Waals surface area (Å²) >= 11 is 0. The molecule has 0 unspecified atom stereocenters. The summed E-state index contributed by atoms with van der Waals surface area (Å²) in [6, 6.07) is 10.3. The van der Waals surface area contributed by atoms with Gasteiger partial charge in [0.2, 0.25) is 10.0 Å². The summed E-state index contributed by atoms with van der Waals surface area (Å²) in [5.74, 6) is -0.161. The average Bonchev–Trinajstić information content (AvgIpc) is 3.00. The lowest BCUT2D eigenvalue weighted by atomic mass is 10.2. The lowest BCUT2D eigenvalue weighted by molar-refractivity contribution is 0.0730. The van der Waals surface area contributed by atoms with Crippen LogP contribution in [0.4, 0.5) is 0 Å². The van der Waals surface area contributed by atoms with Crippen LogP contribution in [0.1, 0.15) is 21.7 Å². The summed E-state index contributed by atoms with van der Waals surface area (Å²) in [6.45, 7) is 3.85. The SMILES string of the molecule is Cc1ccc(C(=O)NCc2ccc(S(=O)(=O)N3CCOCC3)cc2)n1C. The lowest BCUT2D eigenvalue weighted by Crippen LogP contribution is -2.40. The molecule has 7 nitrogen and oxygen atoms in total. The van der Waals surface area contributed by atoms with Crippen molar-refractivity contribution < 1.29 is 17.9 Å². The number of ether oxygens (including phenoxy) is 1. The molecule has 26 heavy (non-hydrogen) atoms. The van der Waals surface area contributed by atoms with Crippen LogP contribution in [0, 0.1) is 6.92 Å². The van der Waals surface area contributed by atoms with E-state index in [2.05, 4.69) is 5.32 Å².